The van der Waals surface area contributed by atoms with E-state index < -0.39 is 10.0 Å². The fraction of sp³-hybridized carbons (Fsp3) is 0.364. The summed E-state index contributed by atoms with van der Waals surface area (Å²) in [4.78, 5) is 0.524. The first-order valence-electron chi connectivity index (χ1n) is 9.83. The summed E-state index contributed by atoms with van der Waals surface area (Å²) in [5.41, 5.74) is 3.20. The van der Waals surface area contributed by atoms with Crippen molar-refractivity contribution >= 4 is 16.1 Å². The Morgan fingerprint density at radius 2 is 1.79 bits per heavy atom. The van der Waals surface area contributed by atoms with Crippen LogP contribution in [0.5, 0.6) is 11.5 Å². The van der Waals surface area contributed by atoms with E-state index in [0.29, 0.717) is 36.8 Å². The molecule has 0 amide bonds. The van der Waals surface area contributed by atoms with Crippen LogP contribution >= 0.6 is 0 Å². The van der Waals surface area contributed by atoms with Gasteiger partial charge in [0, 0.05) is 6.54 Å². The van der Waals surface area contributed by atoms with Gasteiger partial charge in [0.1, 0.15) is 13.2 Å². The van der Waals surface area contributed by atoms with Gasteiger partial charge in [-0.3, -0.25) is 0 Å². The Morgan fingerprint density at radius 3 is 2.68 bits per heavy atom. The van der Waals surface area contributed by atoms with Gasteiger partial charge in [-0.25, -0.2) is 8.42 Å². The number of sulfonamides is 1. The molecular weight excluding hydrogens is 374 g/mol. The number of allylic oxidation sites excluding steroid dienone is 1. The molecular formula is C22H23NO4S. The van der Waals surface area contributed by atoms with Crippen molar-refractivity contribution < 1.29 is 17.9 Å². The second kappa shape index (κ2) is 6.94. The summed E-state index contributed by atoms with van der Waals surface area (Å²) in [5.74, 6) is 1.44. The van der Waals surface area contributed by atoms with E-state index in [4.69, 9.17) is 9.47 Å². The van der Waals surface area contributed by atoms with Crippen LogP contribution in [0.25, 0.3) is 6.08 Å². The van der Waals surface area contributed by atoms with E-state index in [-0.39, 0.29) is 6.04 Å². The Balaban J connectivity index is 1.47. The normalized spacial score (nSPS) is 21.9. The topological polar surface area (TPSA) is 55.8 Å². The van der Waals surface area contributed by atoms with Crippen LogP contribution in [-0.2, 0) is 16.4 Å². The molecule has 5 nitrogen and oxygen atoms in total. The fourth-order valence-corrected chi connectivity index (χ4v) is 6.26. The van der Waals surface area contributed by atoms with E-state index in [2.05, 4.69) is 6.07 Å². The van der Waals surface area contributed by atoms with Crippen molar-refractivity contribution in [2.75, 3.05) is 19.8 Å². The van der Waals surface area contributed by atoms with Crippen LogP contribution < -0.4 is 9.47 Å². The number of rotatable bonds is 3. The van der Waals surface area contributed by atoms with Gasteiger partial charge in [0.2, 0.25) is 10.0 Å². The zero-order valence-corrected chi connectivity index (χ0v) is 16.5. The SMILES string of the molecule is O=S(=O)(C1=Cc2ccccc2CC1)N1CCC[C@H]1c1ccc2c(c1)OCCO2. The van der Waals surface area contributed by atoms with E-state index >= 15 is 0 Å². The number of hydrogen-bond acceptors (Lipinski definition) is 4. The van der Waals surface area contributed by atoms with Crippen molar-refractivity contribution in [1.29, 1.82) is 0 Å². The summed E-state index contributed by atoms with van der Waals surface area (Å²) < 4.78 is 39.9. The van der Waals surface area contributed by atoms with Gasteiger partial charge >= 0.3 is 0 Å². The Kier molecular flexibility index (Phi) is 4.40. The number of ether oxygens (including phenoxy) is 2. The molecule has 1 saturated heterocycles. The van der Waals surface area contributed by atoms with Gasteiger partial charge in [0.05, 0.1) is 10.9 Å². The van der Waals surface area contributed by atoms with E-state index in [0.717, 1.165) is 36.1 Å². The minimum atomic E-state index is -3.50. The second-order valence-corrected chi connectivity index (χ2v) is 9.43. The van der Waals surface area contributed by atoms with Crippen molar-refractivity contribution in [2.45, 2.75) is 31.7 Å². The molecule has 0 N–H and O–H groups in total. The molecule has 0 aromatic heterocycles. The second-order valence-electron chi connectivity index (χ2n) is 7.49. The van der Waals surface area contributed by atoms with Crippen LogP contribution in [0.1, 0.15) is 42.0 Å². The van der Waals surface area contributed by atoms with Crippen LogP contribution in [0, 0.1) is 0 Å². The highest BCUT2D eigenvalue weighted by Gasteiger charge is 2.38. The molecule has 2 heterocycles. The molecule has 0 unspecified atom stereocenters. The third-order valence-electron chi connectivity index (χ3n) is 5.81. The maximum atomic E-state index is 13.5. The van der Waals surface area contributed by atoms with Crippen molar-refractivity contribution in [3.63, 3.8) is 0 Å². The molecule has 2 aromatic rings. The number of fused-ring (bicyclic) bond motifs is 2. The third-order valence-corrected chi connectivity index (χ3v) is 7.85. The first kappa shape index (κ1) is 17.8. The van der Waals surface area contributed by atoms with Crippen molar-refractivity contribution in [1.82, 2.24) is 4.31 Å². The summed E-state index contributed by atoms with van der Waals surface area (Å²) in [7, 11) is -3.50. The Bertz CT molecular complexity index is 1040. The molecule has 2 aliphatic heterocycles. The highest BCUT2D eigenvalue weighted by Crippen LogP contribution is 2.41. The highest BCUT2D eigenvalue weighted by molar-refractivity contribution is 7.93. The Morgan fingerprint density at radius 1 is 0.964 bits per heavy atom. The first-order valence-corrected chi connectivity index (χ1v) is 11.3. The van der Waals surface area contributed by atoms with Gasteiger partial charge in [-0.2, -0.15) is 4.31 Å². The molecule has 0 saturated carbocycles. The number of hydrogen-bond donors (Lipinski definition) is 0. The molecule has 5 rings (SSSR count). The van der Waals surface area contributed by atoms with Gasteiger partial charge < -0.3 is 9.47 Å². The van der Waals surface area contributed by atoms with Crippen molar-refractivity contribution in [2.24, 2.45) is 0 Å². The molecule has 2 aromatic carbocycles. The molecule has 1 fully saturated rings. The van der Waals surface area contributed by atoms with Crippen LogP contribution in [0.4, 0.5) is 0 Å². The van der Waals surface area contributed by atoms with Crippen LogP contribution in [-0.4, -0.2) is 32.5 Å². The predicted octanol–water partition coefficient (Wildman–Crippen LogP) is 3.91. The van der Waals surface area contributed by atoms with Crippen LogP contribution in [0.2, 0.25) is 0 Å². The lowest BCUT2D eigenvalue weighted by Crippen LogP contribution is -2.32. The summed E-state index contributed by atoms with van der Waals surface area (Å²) >= 11 is 0. The molecule has 1 aliphatic carbocycles. The largest absolute Gasteiger partial charge is 0.486 e. The lowest BCUT2D eigenvalue weighted by molar-refractivity contribution is 0.171. The number of benzene rings is 2. The molecule has 6 heteroatoms. The molecule has 0 spiro atoms. The molecule has 3 aliphatic rings. The minimum absolute atomic E-state index is 0.154. The Labute approximate surface area is 165 Å². The van der Waals surface area contributed by atoms with Crippen molar-refractivity contribution in [3.05, 3.63) is 64.1 Å². The maximum absolute atomic E-state index is 13.5. The van der Waals surface area contributed by atoms with Gasteiger partial charge in [-0.15, -0.1) is 0 Å². The average Bonchev–Trinajstić information content (AvgIpc) is 3.24. The van der Waals surface area contributed by atoms with Gasteiger partial charge in [0.15, 0.2) is 11.5 Å². The zero-order valence-electron chi connectivity index (χ0n) is 15.6. The molecule has 0 radical (unpaired) electrons. The first-order chi connectivity index (χ1) is 13.6. The molecule has 0 bridgehead atoms. The smallest absolute Gasteiger partial charge is 0.239 e. The fourth-order valence-electron chi connectivity index (χ4n) is 4.39. The standard InChI is InChI=1S/C22H23NO4S/c24-28(25,19-9-7-16-4-1-2-5-17(16)14-19)23-11-3-6-20(23)18-8-10-21-22(15-18)27-13-12-26-21/h1-2,4-5,8,10,14-15,20H,3,6-7,9,11-13H2/t20-/m0/s1. The van der Waals surface area contributed by atoms with E-state index in [1.807, 2.05) is 42.5 Å². The maximum Gasteiger partial charge on any atom is 0.239 e. The summed E-state index contributed by atoms with van der Waals surface area (Å²) in [6.45, 7) is 1.63. The molecule has 28 heavy (non-hydrogen) atoms. The minimum Gasteiger partial charge on any atom is -0.486 e. The summed E-state index contributed by atoms with van der Waals surface area (Å²) in [6, 6.07) is 13.7. The summed E-state index contributed by atoms with van der Waals surface area (Å²) in [6.07, 6.45) is 4.87. The quantitative estimate of drug-likeness (QED) is 0.788. The van der Waals surface area contributed by atoms with Crippen molar-refractivity contribution in [3.8, 4) is 11.5 Å². The lowest BCUT2D eigenvalue weighted by Gasteiger charge is -2.28. The number of aryl methyl sites for hydroxylation is 1. The highest BCUT2D eigenvalue weighted by atomic mass is 32.2. The van der Waals surface area contributed by atoms with E-state index in [1.54, 1.807) is 4.31 Å². The van der Waals surface area contributed by atoms with Gasteiger partial charge in [-0.1, -0.05) is 30.3 Å². The monoisotopic (exact) mass is 397 g/mol. The number of nitrogens with zero attached hydrogens (tertiary/aromatic N) is 1. The molecule has 146 valence electrons. The lowest BCUT2D eigenvalue weighted by atomic mass is 9.98. The van der Waals surface area contributed by atoms with Crippen LogP contribution in [0.3, 0.4) is 0 Å². The summed E-state index contributed by atoms with van der Waals surface area (Å²) in [5, 5.41) is 0. The zero-order chi connectivity index (χ0) is 19.1. The van der Waals surface area contributed by atoms with Gasteiger partial charge in [-0.05, 0) is 60.6 Å². The predicted molar refractivity (Wildman–Crippen MR) is 108 cm³/mol. The van der Waals surface area contributed by atoms with Gasteiger partial charge in [0.25, 0.3) is 0 Å². The average molecular weight is 397 g/mol. The van der Waals surface area contributed by atoms with E-state index in [1.165, 1.54) is 5.56 Å². The Hall–Kier alpha value is -2.31. The van der Waals surface area contributed by atoms with Crippen LogP contribution in [0.15, 0.2) is 47.4 Å². The molecule has 1 atom stereocenters. The third kappa shape index (κ3) is 3.01. The van der Waals surface area contributed by atoms with E-state index in [9.17, 15) is 8.42 Å².